The fourth-order valence-electron chi connectivity index (χ4n) is 3.90. The average Bonchev–Trinajstić information content (AvgIpc) is 2.64. The summed E-state index contributed by atoms with van der Waals surface area (Å²) in [6, 6.07) is 14.3. The van der Waals surface area contributed by atoms with Gasteiger partial charge in [0.05, 0.1) is 12.7 Å². The minimum absolute atomic E-state index is 0.139. The Morgan fingerprint density at radius 1 is 1.08 bits per heavy atom. The SMILES string of the molecule is CCOc1ccc(Cc2cc(C3CC(O)CC(CO)C3)ccc2Cl)cc1. The van der Waals surface area contributed by atoms with E-state index in [1.165, 1.54) is 11.1 Å². The van der Waals surface area contributed by atoms with Crippen molar-refractivity contribution < 1.29 is 14.9 Å². The molecule has 0 amide bonds. The molecule has 3 unspecified atom stereocenters. The first-order valence-corrected chi connectivity index (χ1v) is 9.75. The van der Waals surface area contributed by atoms with E-state index in [2.05, 4.69) is 24.3 Å². The van der Waals surface area contributed by atoms with E-state index in [1.54, 1.807) is 0 Å². The molecule has 0 saturated heterocycles. The van der Waals surface area contributed by atoms with Crippen LogP contribution in [0.3, 0.4) is 0 Å². The normalized spacial score (nSPS) is 23.0. The fraction of sp³-hybridized carbons (Fsp3) is 0.455. The molecule has 3 atom stereocenters. The van der Waals surface area contributed by atoms with Crippen molar-refractivity contribution in [2.24, 2.45) is 5.92 Å². The lowest BCUT2D eigenvalue weighted by atomic mass is 9.76. The van der Waals surface area contributed by atoms with E-state index in [9.17, 15) is 10.2 Å². The van der Waals surface area contributed by atoms with E-state index < -0.39 is 0 Å². The molecule has 0 spiro atoms. The highest BCUT2D eigenvalue weighted by Gasteiger charge is 2.28. The Balaban J connectivity index is 1.77. The van der Waals surface area contributed by atoms with Crippen molar-refractivity contribution in [2.45, 2.75) is 44.6 Å². The molecule has 0 radical (unpaired) electrons. The topological polar surface area (TPSA) is 49.7 Å². The molecule has 0 aliphatic heterocycles. The Morgan fingerprint density at radius 3 is 2.54 bits per heavy atom. The molecule has 0 heterocycles. The Labute approximate surface area is 160 Å². The van der Waals surface area contributed by atoms with Crippen molar-refractivity contribution in [1.82, 2.24) is 0 Å². The molecular weight excluding hydrogens is 348 g/mol. The van der Waals surface area contributed by atoms with Crippen LogP contribution in [0.1, 0.15) is 48.8 Å². The summed E-state index contributed by atoms with van der Waals surface area (Å²) in [7, 11) is 0. The highest BCUT2D eigenvalue weighted by atomic mass is 35.5. The number of benzene rings is 2. The van der Waals surface area contributed by atoms with Crippen molar-refractivity contribution in [3.05, 3.63) is 64.2 Å². The number of rotatable bonds is 6. The van der Waals surface area contributed by atoms with E-state index in [1.807, 2.05) is 25.1 Å². The predicted molar refractivity (Wildman–Crippen MR) is 105 cm³/mol. The molecule has 1 saturated carbocycles. The molecule has 1 aliphatic rings. The van der Waals surface area contributed by atoms with Crippen LogP contribution in [0.5, 0.6) is 5.75 Å². The van der Waals surface area contributed by atoms with Gasteiger partial charge >= 0.3 is 0 Å². The van der Waals surface area contributed by atoms with E-state index in [0.29, 0.717) is 13.0 Å². The fourth-order valence-corrected chi connectivity index (χ4v) is 4.08. The summed E-state index contributed by atoms with van der Waals surface area (Å²) < 4.78 is 5.49. The van der Waals surface area contributed by atoms with Crippen LogP contribution in [0.25, 0.3) is 0 Å². The van der Waals surface area contributed by atoms with Crippen molar-refractivity contribution in [1.29, 1.82) is 0 Å². The first-order chi connectivity index (χ1) is 12.6. The van der Waals surface area contributed by atoms with Gasteiger partial charge in [-0.3, -0.25) is 0 Å². The van der Waals surface area contributed by atoms with Crippen LogP contribution in [-0.2, 0) is 6.42 Å². The maximum absolute atomic E-state index is 10.1. The third kappa shape index (κ3) is 4.79. The van der Waals surface area contributed by atoms with Gasteiger partial charge in [0.2, 0.25) is 0 Å². The van der Waals surface area contributed by atoms with Gasteiger partial charge in [-0.05, 0) is 79.3 Å². The zero-order valence-electron chi connectivity index (χ0n) is 15.2. The van der Waals surface area contributed by atoms with Gasteiger partial charge in [0.25, 0.3) is 0 Å². The largest absolute Gasteiger partial charge is 0.494 e. The molecule has 140 valence electrons. The summed E-state index contributed by atoms with van der Waals surface area (Å²) >= 11 is 6.44. The van der Waals surface area contributed by atoms with Gasteiger partial charge in [-0.1, -0.05) is 35.9 Å². The smallest absolute Gasteiger partial charge is 0.119 e. The molecule has 2 aromatic carbocycles. The second kappa shape index (κ2) is 8.90. The van der Waals surface area contributed by atoms with E-state index in [-0.39, 0.29) is 24.5 Å². The molecule has 0 aromatic heterocycles. The summed E-state index contributed by atoms with van der Waals surface area (Å²) in [5.41, 5.74) is 3.48. The van der Waals surface area contributed by atoms with Gasteiger partial charge in [-0.2, -0.15) is 0 Å². The molecule has 1 aliphatic carbocycles. The average molecular weight is 375 g/mol. The van der Waals surface area contributed by atoms with Gasteiger partial charge < -0.3 is 14.9 Å². The first kappa shape index (κ1) is 19.2. The standard InChI is InChI=1S/C22H27ClO3/c1-2-26-21-6-3-15(4-7-21)9-19-12-17(5-8-22(19)23)18-10-16(14-24)11-20(25)13-18/h3-8,12,16,18,20,24-25H,2,9-11,13-14H2,1H3. The van der Waals surface area contributed by atoms with E-state index >= 15 is 0 Å². The number of aliphatic hydroxyl groups is 2. The molecule has 26 heavy (non-hydrogen) atoms. The minimum atomic E-state index is -0.337. The molecule has 2 aromatic rings. The third-order valence-electron chi connectivity index (χ3n) is 5.21. The van der Waals surface area contributed by atoms with Crippen LogP contribution < -0.4 is 4.74 Å². The monoisotopic (exact) mass is 374 g/mol. The van der Waals surface area contributed by atoms with Gasteiger partial charge in [-0.25, -0.2) is 0 Å². The molecular formula is C22H27ClO3. The molecule has 0 bridgehead atoms. The minimum Gasteiger partial charge on any atom is -0.494 e. The third-order valence-corrected chi connectivity index (χ3v) is 5.58. The highest BCUT2D eigenvalue weighted by molar-refractivity contribution is 6.31. The summed E-state index contributed by atoms with van der Waals surface area (Å²) in [6.07, 6.45) is 2.78. The molecule has 3 nitrogen and oxygen atoms in total. The second-order valence-corrected chi connectivity index (χ2v) is 7.62. The van der Waals surface area contributed by atoms with Gasteiger partial charge in [0, 0.05) is 11.6 Å². The van der Waals surface area contributed by atoms with Crippen molar-refractivity contribution >= 4 is 11.6 Å². The molecule has 2 N–H and O–H groups in total. The lowest BCUT2D eigenvalue weighted by molar-refractivity contribution is 0.0650. The molecule has 1 fully saturated rings. The van der Waals surface area contributed by atoms with Crippen LogP contribution >= 0.6 is 11.6 Å². The van der Waals surface area contributed by atoms with Crippen molar-refractivity contribution in [3.8, 4) is 5.75 Å². The number of aliphatic hydroxyl groups excluding tert-OH is 2. The van der Waals surface area contributed by atoms with Crippen LogP contribution in [-0.4, -0.2) is 29.5 Å². The maximum atomic E-state index is 10.1. The lowest BCUT2D eigenvalue weighted by Crippen LogP contribution is -2.27. The van der Waals surface area contributed by atoms with Gasteiger partial charge in [0.15, 0.2) is 0 Å². The van der Waals surface area contributed by atoms with Crippen LogP contribution in [0.4, 0.5) is 0 Å². The van der Waals surface area contributed by atoms with Crippen LogP contribution in [0.2, 0.25) is 5.02 Å². The number of halogens is 1. The summed E-state index contributed by atoms with van der Waals surface area (Å²) in [5.74, 6) is 1.32. The zero-order chi connectivity index (χ0) is 18.5. The van der Waals surface area contributed by atoms with Gasteiger partial charge in [-0.15, -0.1) is 0 Å². The van der Waals surface area contributed by atoms with Gasteiger partial charge in [0.1, 0.15) is 5.75 Å². The highest BCUT2D eigenvalue weighted by Crippen LogP contribution is 2.37. The Hall–Kier alpha value is -1.55. The number of ether oxygens (including phenoxy) is 1. The second-order valence-electron chi connectivity index (χ2n) is 7.21. The zero-order valence-corrected chi connectivity index (χ0v) is 16.0. The molecule has 3 rings (SSSR count). The van der Waals surface area contributed by atoms with E-state index in [0.717, 1.165) is 35.6 Å². The maximum Gasteiger partial charge on any atom is 0.119 e. The number of hydrogen-bond acceptors (Lipinski definition) is 3. The van der Waals surface area contributed by atoms with Crippen LogP contribution in [0, 0.1) is 5.92 Å². The quantitative estimate of drug-likeness (QED) is 0.778. The Bertz CT molecular complexity index is 714. The summed E-state index contributed by atoms with van der Waals surface area (Å²) in [4.78, 5) is 0. The Kier molecular flexibility index (Phi) is 6.58. The number of hydrogen-bond donors (Lipinski definition) is 2. The first-order valence-electron chi connectivity index (χ1n) is 9.38. The predicted octanol–water partition coefficient (Wildman–Crippen LogP) is 4.57. The molecule has 4 heteroatoms. The Morgan fingerprint density at radius 2 is 1.85 bits per heavy atom. The lowest BCUT2D eigenvalue weighted by Gasteiger charge is -2.32. The van der Waals surface area contributed by atoms with Crippen molar-refractivity contribution in [3.63, 3.8) is 0 Å². The van der Waals surface area contributed by atoms with Crippen LogP contribution in [0.15, 0.2) is 42.5 Å². The summed E-state index contributed by atoms with van der Waals surface area (Å²) in [6.45, 7) is 2.78. The van der Waals surface area contributed by atoms with Crippen molar-refractivity contribution in [2.75, 3.05) is 13.2 Å². The summed E-state index contributed by atoms with van der Waals surface area (Å²) in [5, 5.41) is 20.4. The van der Waals surface area contributed by atoms with E-state index in [4.69, 9.17) is 16.3 Å².